The van der Waals surface area contributed by atoms with E-state index in [1.165, 1.54) is 0 Å². The highest BCUT2D eigenvalue weighted by atomic mass is 32.2. The smallest absolute Gasteiger partial charge is 0.330 e. The molecule has 1 aliphatic heterocycles. The minimum Gasteiger partial charge on any atom is -0.330 e. The van der Waals surface area contributed by atoms with Crippen LogP contribution in [0.15, 0.2) is 29.2 Å². The molecular formula is C13H12FNO6S. The van der Waals surface area contributed by atoms with Crippen molar-refractivity contribution in [1.82, 2.24) is 5.06 Å². The maximum atomic E-state index is 12.8. The van der Waals surface area contributed by atoms with E-state index >= 15 is 0 Å². The Morgan fingerprint density at radius 1 is 1.14 bits per heavy atom. The van der Waals surface area contributed by atoms with Gasteiger partial charge in [0.25, 0.3) is 11.8 Å². The van der Waals surface area contributed by atoms with Crippen molar-refractivity contribution in [2.45, 2.75) is 24.2 Å². The van der Waals surface area contributed by atoms with Crippen molar-refractivity contribution in [3.8, 4) is 0 Å². The number of hydrogen-bond acceptors (Lipinski definition) is 6. The van der Waals surface area contributed by atoms with Crippen molar-refractivity contribution in [3.63, 3.8) is 0 Å². The maximum absolute atomic E-state index is 12.8. The summed E-state index contributed by atoms with van der Waals surface area (Å²) in [6.45, 7) is 0. The van der Waals surface area contributed by atoms with E-state index in [-0.39, 0.29) is 17.7 Å². The Kier molecular flexibility index (Phi) is 4.55. The molecule has 0 spiro atoms. The number of sulfone groups is 1. The molecule has 1 saturated heterocycles. The van der Waals surface area contributed by atoms with Gasteiger partial charge in [-0.25, -0.2) is 17.6 Å². The van der Waals surface area contributed by atoms with Gasteiger partial charge in [0.1, 0.15) is 5.82 Å². The molecule has 0 unspecified atom stereocenters. The molecule has 1 heterocycles. The van der Waals surface area contributed by atoms with Crippen molar-refractivity contribution >= 4 is 27.6 Å². The summed E-state index contributed by atoms with van der Waals surface area (Å²) in [7, 11) is -3.79. The first kappa shape index (κ1) is 16.1. The second-order valence-electron chi connectivity index (χ2n) is 4.57. The summed E-state index contributed by atoms with van der Waals surface area (Å²) in [6, 6.07) is 4.16. The van der Waals surface area contributed by atoms with E-state index in [1.807, 2.05) is 0 Å². The molecule has 2 rings (SSSR count). The monoisotopic (exact) mass is 329 g/mol. The number of hydroxylamine groups is 2. The van der Waals surface area contributed by atoms with E-state index in [0.29, 0.717) is 5.06 Å². The molecule has 0 bridgehead atoms. The fourth-order valence-corrected chi connectivity index (χ4v) is 3.00. The van der Waals surface area contributed by atoms with E-state index in [1.54, 1.807) is 0 Å². The molecule has 1 aromatic carbocycles. The molecule has 1 fully saturated rings. The Balaban J connectivity index is 1.94. The molecule has 7 nitrogen and oxygen atoms in total. The van der Waals surface area contributed by atoms with Gasteiger partial charge in [0, 0.05) is 12.8 Å². The van der Waals surface area contributed by atoms with Gasteiger partial charge in [-0.05, 0) is 24.3 Å². The fourth-order valence-electron chi connectivity index (χ4n) is 1.78. The van der Waals surface area contributed by atoms with Crippen molar-refractivity contribution in [2.75, 3.05) is 5.75 Å². The van der Waals surface area contributed by atoms with Crippen LogP contribution in [0.4, 0.5) is 4.39 Å². The van der Waals surface area contributed by atoms with Crippen LogP contribution in [-0.4, -0.2) is 37.0 Å². The normalized spacial score (nSPS) is 15.2. The molecule has 2 amide bonds. The van der Waals surface area contributed by atoms with Gasteiger partial charge < -0.3 is 4.84 Å². The Morgan fingerprint density at radius 2 is 1.68 bits per heavy atom. The zero-order chi connectivity index (χ0) is 16.3. The molecule has 0 radical (unpaired) electrons. The number of amides is 2. The van der Waals surface area contributed by atoms with Crippen LogP contribution in [0.3, 0.4) is 0 Å². The zero-order valence-corrected chi connectivity index (χ0v) is 12.1. The van der Waals surface area contributed by atoms with Gasteiger partial charge in [0.05, 0.1) is 17.1 Å². The third-order valence-electron chi connectivity index (χ3n) is 2.95. The van der Waals surface area contributed by atoms with Gasteiger partial charge in [-0.15, -0.1) is 5.06 Å². The SMILES string of the molecule is O=C(CCS(=O)(=O)c1ccc(F)cc1)ON1C(=O)CCC1=O. The van der Waals surface area contributed by atoms with Gasteiger partial charge in [-0.3, -0.25) is 9.59 Å². The lowest BCUT2D eigenvalue weighted by Gasteiger charge is -2.12. The summed E-state index contributed by atoms with van der Waals surface area (Å²) in [5, 5.41) is 0.354. The minimum absolute atomic E-state index is 0.0417. The highest BCUT2D eigenvalue weighted by Crippen LogP contribution is 2.15. The van der Waals surface area contributed by atoms with Crippen molar-refractivity contribution < 1.29 is 32.0 Å². The highest BCUT2D eigenvalue weighted by Gasteiger charge is 2.33. The molecule has 0 atom stereocenters. The molecule has 9 heteroatoms. The number of benzene rings is 1. The van der Waals surface area contributed by atoms with Crippen molar-refractivity contribution in [1.29, 1.82) is 0 Å². The average molecular weight is 329 g/mol. The number of carbonyl (C=O) groups is 3. The van der Waals surface area contributed by atoms with Crippen LogP contribution >= 0.6 is 0 Å². The number of hydrogen-bond donors (Lipinski definition) is 0. The van der Waals surface area contributed by atoms with Crippen LogP contribution < -0.4 is 0 Å². The summed E-state index contributed by atoms with van der Waals surface area (Å²) in [5.74, 6) is -3.44. The van der Waals surface area contributed by atoms with E-state index in [2.05, 4.69) is 4.84 Å². The number of carbonyl (C=O) groups excluding carboxylic acids is 3. The van der Waals surface area contributed by atoms with Crippen LogP contribution in [0, 0.1) is 5.82 Å². The molecular weight excluding hydrogens is 317 g/mol. The summed E-state index contributed by atoms with van der Waals surface area (Å²) in [5.41, 5.74) is 0. The number of halogens is 1. The first-order chi connectivity index (χ1) is 10.3. The minimum atomic E-state index is -3.79. The summed E-state index contributed by atoms with van der Waals surface area (Å²) < 4.78 is 36.6. The average Bonchev–Trinajstić information content (AvgIpc) is 2.78. The third kappa shape index (κ3) is 3.67. The summed E-state index contributed by atoms with van der Waals surface area (Å²) >= 11 is 0. The summed E-state index contributed by atoms with van der Waals surface area (Å²) in [4.78, 5) is 38.5. The van der Waals surface area contributed by atoms with Crippen molar-refractivity contribution in [3.05, 3.63) is 30.1 Å². The van der Waals surface area contributed by atoms with Crippen LogP contribution in [0.25, 0.3) is 0 Å². The lowest BCUT2D eigenvalue weighted by molar-refractivity contribution is -0.197. The topological polar surface area (TPSA) is 97.8 Å². The van der Waals surface area contributed by atoms with Gasteiger partial charge in [-0.2, -0.15) is 0 Å². The Morgan fingerprint density at radius 3 is 2.23 bits per heavy atom. The van der Waals surface area contributed by atoms with Gasteiger partial charge >= 0.3 is 5.97 Å². The van der Waals surface area contributed by atoms with E-state index < -0.39 is 45.6 Å². The standard InChI is InChI=1S/C13H12FNO6S/c14-9-1-3-10(4-2-9)22(19,20)8-7-13(18)21-15-11(16)5-6-12(15)17/h1-4H,5-8H2. The molecule has 22 heavy (non-hydrogen) atoms. The Bertz CT molecular complexity index is 697. The molecule has 0 saturated carbocycles. The van der Waals surface area contributed by atoms with Crippen molar-refractivity contribution in [2.24, 2.45) is 0 Å². The number of rotatable bonds is 5. The van der Waals surface area contributed by atoms with Gasteiger partial charge in [-0.1, -0.05) is 0 Å². The Hall–Kier alpha value is -2.29. The third-order valence-corrected chi connectivity index (χ3v) is 4.68. The largest absolute Gasteiger partial charge is 0.334 e. The molecule has 0 aliphatic carbocycles. The fraction of sp³-hybridized carbons (Fsp3) is 0.308. The van der Waals surface area contributed by atoms with E-state index in [4.69, 9.17) is 0 Å². The number of nitrogens with zero attached hydrogens (tertiary/aromatic N) is 1. The first-order valence-electron chi connectivity index (χ1n) is 6.34. The van der Waals surface area contributed by atoms with Gasteiger partial charge in [0.2, 0.25) is 0 Å². The van der Waals surface area contributed by atoms with Crippen LogP contribution in [0.1, 0.15) is 19.3 Å². The van der Waals surface area contributed by atoms with Crippen LogP contribution in [-0.2, 0) is 29.1 Å². The quantitative estimate of drug-likeness (QED) is 0.579. The predicted molar refractivity (Wildman–Crippen MR) is 70.2 cm³/mol. The molecule has 0 N–H and O–H groups in total. The predicted octanol–water partition coefficient (Wildman–Crippen LogP) is 0.597. The lowest BCUT2D eigenvalue weighted by Crippen LogP contribution is -2.32. The Labute approximate surface area is 125 Å². The summed E-state index contributed by atoms with van der Waals surface area (Å²) in [6.07, 6.45) is -0.614. The van der Waals surface area contributed by atoms with Gasteiger partial charge in [0.15, 0.2) is 9.84 Å². The zero-order valence-electron chi connectivity index (χ0n) is 11.3. The maximum Gasteiger partial charge on any atom is 0.334 e. The van der Waals surface area contributed by atoms with Crippen LogP contribution in [0.2, 0.25) is 0 Å². The highest BCUT2D eigenvalue weighted by molar-refractivity contribution is 7.91. The molecule has 1 aliphatic rings. The number of imide groups is 1. The van der Waals surface area contributed by atoms with E-state index in [9.17, 15) is 27.2 Å². The first-order valence-corrected chi connectivity index (χ1v) is 8.00. The lowest BCUT2D eigenvalue weighted by atomic mass is 10.4. The molecule has 118 valence electrons. The van der Waals surface area contributed by atoms with E-state index in [0.717, 1.165) is 24.3 Å². The molecule has 1 aromatic rings. The second kappa shape index (κ2) is 6.22. The van der Waals surface area contributed by atoms with Crippen LogP contribution in [0.5, 0.6) is 0 Å². The second-order valence-corrected chi connectivity index (χ2v) is 6.68. The molecule has 0 aromatic heterocycles.